The number of ketones is 2. The maximum absolute atomic E-state index is 13.1. The Morgan fingerprint density at radius 2 is 1.48 bits per heavy atom. The second-order valence-corrected chi connectivity index (χ2v) is 12.1. The van der Waals surface area contributed by atoms with Crippen molar-refractivity contribution in [2.45, 2.75) is 71.1 Å². The first kappa shape index (κ1) is 35.9. The van der Waals surface area contributed by atoms with Crippen LogP contribution in [0.4, 0.5) is 5.69 Å². The number of nitrogen functional groups attached to an aromatic ring is 1. The van der Waals surface area contributed by atoms with Crippen molar-refractivity contribution < 1.29 is 33.1 Å². The molecular weight excluding hydrogens is 614 g/mol. The number of nitrogens with two attached hydrogens (primary N) is 3. The van der Waals surface area contributed by atoms with Gasteiger partial charge in [-0.15, -0.1) is 0 Å². The lowest BCUT2D eigenvalue weighted by Gasteiger charge is -2.31. The number of benzene rings is 3. The molecule has 0 saturated carbocycles. The molecule has 0 aliphatic heterocycles. The molecular formula is C36H45N5O7. The molecule has 0 bridgehead atoms. The number of methoxy groups -OCH3 is 1. The number of carbonyl (C=O) groups excluding carboxylic acids is 3. The molecule has 2 atom stereocenters. The monoisotopic (exact) mass is 659 g/mol. The zero-order valence-electron chi connectivity index (χ0n) is 28.1. The molecule has 0 spiro atoms. The summed E-state index contributed by atoms with van der Waals surface area (Å²) in [6.45, 7) is 8.69. The van der Waals surface area contributed by atoms with Gasteiger partial charge in [0.2, 0.25) is 5.78 Å². The van der Waals surface area contributed by atoms with E-state index < -0.39 is 23.7 Å². The number of Topliss-reactive ketones (excluding diaryl/α,β-unsaturated/α-hetero) is 2. The van der Waals surface area contributed by atoms with Crippen LogP contribution in [0.15, 0.2) is 65.2 Å². The number of hydrogen-bond donors (Lipinski definition) is 3. The van der Waals surface area contributed by atoms with Gasteiger partial charge in [-0.2, -0.15) is 0 Å². The number of nitrogens with zero attached hydrogens (tertiary/aromatic N) is 2. The van der Waals surface area contributed by atoms with Gasteiger partial charge in [0, 0.05) is 17.6 Å². The van der Waals surface area contributed by atoms with Crippen molar-refractivity contribution in [1.82, 2.24) is 10.1 Å². The van der Waals surface area contributed by atoms with E-state index in [-0.39, 0.29) is 41.4 Å². The van der Waals surface area contributed by atoms with Gasteiger partial charge in [-0.05, 0) is 82.9 Å². The highest BCUT2D eigenvalue weighted by Crippen LogP contribution is 2.33. The van der Waals surface area contributed by atoms with Crippen molar-refractivity contribution in [3.8, 4) is 17.2 Å². The lowest BCUT2D eigenvalue weighted by Crippen LogP contribution is -2.48. The van der Waals surface area contributed by atoms with Crippen LogP contribution in [0.3, 0.4) is 0 Å². The smallest absolute Gasteiger partial charge is 0.254 e. The molecule has 3 aromatic carbocycles. The fraction of sp³-hybridized carbons (Fsp3) is 0.389. The maximum Gasteiger partial charge on any atom is 0.254 e. The summed E-state index contributed by atoms with van der Waals surface area (Å²) in [5.41, 5.74) is 20.0. The third-order valence-electron chi connectivity index (χ3n) is 7.94. The van der Waals surface area contributed by atoms with Gasteiger partial charge in [-0.3, -0.25) is 14.4 Å². The Labute approximate surface area is 280 Å². The number of anilines is 1. The number of hydrogen-bond acceptors (Lipinski definition) is 11. The topological polar surface area (TPSA) is 186 Å². The fourth-order valence-corrected chi connectivity index (χ4v) is 5.49. The van der Waals surface area contributed by atoms with Gasteiger partial charge < -0.3 is 40.8 Å². The van der Waals surface area contributed by atoms with Crippen LogP contribution >= 0.6 is 0 Å². The predicted molar refractivity (Wildman–Crippen MR) is 184 cm³/mol. The van der Waals surface area contributed by atoms with Crippen LogP contribution in [0.25, 0.3) is 11.0 Å². The summed E-state index contributed by atoms with van der Waals surface area (Å²) >= 11 is 0. The standard InChI is InChI=1S/C36H45N5O7/c1-21(2)41(22(3)4)36(44)24-13-15-27(29(20-24)45-5)46-17-9-10-18-47-28-16-14-25-32(40-48-35(25)30(28)38)34(43)31(39)33(42)26(37)19-23-11-7-6-8-12-23/h6-8,11-16,20-22,26,31H,9-10,17-19,37-39H2,1-5H3. The molecule has 48 heavy (non-hydrogen) atoms. The number of amides is 1. The van der Waals surface area contributed by atoms with Crippen LogP contribution in [-0.4, -0.2) is 72.0 Å². The molecule has 0 saturated heterocycles. The van der Waals surface area contributed by atoms with Crippen LogP contribution in [0.5, 0.6) is 17.2 Å². The van der Waals surface area contributed by atoms with Gasteiger partial charge in [0.05, 0.1) is 31.8 Å². The summed E-state index contributed by atoms with van der Waals surface area (Å²) in [6, 6.07) is 15.3. The van der Waals surface area contributed by atoms with Crippen molar-refractivity contribution in [1.29, 1.82) is 0 Å². The summed E-state index contributed by atoms with van der Waals surface area (Å²) in [7, 11) is 1.54. The molecule has 0 aliphatic carbocycles. The van der Waals surface area contributed by atoms with E-state index in [9.17, 15) is 14.4 Å². The molecule has 1 aromatic heterocycles. The minimum Gasteiger partial charge on any atom is -0.493 e. The van der Waals surface area contributed by atoms with E-state index in [1.165, 1.54) is 7.11 Å². The normalized spacial score (nSPS) is 12.6. The van der Waals surface area contributed by atoms with Crippen LogP contribution in [0.1, 0.15) is 66.9 Å². The van der Waals surface area contributed by atoms with Crippen LogP contribution in [0, 0.1) is 0 Å². The molecule has 0 radical (unpaired) electrons. The van der Waals surface area contributed by atoms with Gasteiger partial charge in [0.15, 0.2) is 28.6 Å². The van der Waals surface area contributed by atoms with Gasteiger partial charge in [0.25, 0.3) is 5.91 Å². The molecule has 0 aliphatic rings. The fourth-order valence-electron chi connectivity index (χ4n) is 5.49. The second kappa shape index (κ2) is 16.2. The van der Waals surface area contributed by atoms with E-state index in [4.69, 9.17) is 35.9 Å². The number of fused-ring (bicyclic) bond motifs is 1. The molecule has 0 fully saturated rings. The van der Waals surface area contributed by atoms with Crippen molar-refractivity contribution in [3.63, 3.8) is 0 Å². The van der Waals surface area contributed by atoms with Crippen molar-refractivity contribution >= 4 is 34.1 Å². The highest BCUT2D eigenvalue weighted by Gasteiger charge is 2.32. The molecule has 256 valence electrons. The average Bonchev–Trinajstić information content (AvgIpc) is 3.51. The lowest BCUT2D eigenvalue weighted by atomic mass is 9.95. The van der Waals surface area contributed by atoms with Crippen molar-refractivity contribution in [2.24, 2.45) is 11.5 Å². The highest BCUT2D eigenvalue weighted by molar-refractivity contribution is 6.19. The molecule has 12 nitrogen and oxygen atoms in total. The van der Waals surface area contributed by atoms with Crippen LogP contribution in [-0.2, 0) is 11.2 Å². The quantitative estimate of drug-likeness (QED) is 0.0624. The average molecular weight is 660 g/mol. The third kappa shape index (κ3) is 8.31. The Kier molecular flexibility index (Phi) is 12.2. The number of unbranched alkanes of at least 4 members (excludes halogenated alkanes) is 1. The number of rotatable bonds is 17. The van der Waals surface area contributed by atoms with E-state index in [1.807, 2.05) is 62.9 Å². The van der Waals surface area contributed by atoms with Gasteiger partial charge >= 0.3 is 0 Å². The molecule has 6 N–H and O–H groups in total. The van der Waals surface area contributed by atoms with Gasteiger partial charge in [-0.25, -0.2) is 0 Å². The first-order valence-corrected chi connectivity index (χ1v) is 16.0. The number of aromatic nitrogens is 1. The lowest BCUT2D eigenvalue weighted by molar-refractivity contribution is -0.120. The first-order chi connectivity index (χ1) is 22.9. The molecule has 1 heterocycles. The first-order valence-electron chi connectivity index (χ1n) is 16.0. The summed E-state index contributed by atoms with van der Waals surface area (Å²) in [6.07, 6.45) is 1.56. The number of carbonyl (C=O) groups is 3. The zero-order valence-corrected chi connectivity index (χ0v) is 28.1. The Bertz CT molecular complexity index is 1710. The Morgan fingerprint density at radius 1 is 0.854 bits per heavy atom. The minimum atomic E-state index is -1.50. The van der Waals surface area contributed by atoms with E-state index >= 15 is 0 Å². The molecule has 2 unspecified atom stereocenters. The van der Waals surface area contributed by atoms with Crippen molar-refractivity contribution in [3.05, 3.63) is 77.5 Å². The molecule has 4 aromatic rings. The number of ether oxygens (including phenoxy) is 3. The Balaban J connectivity index is 1.29. The van der Waals surface area contributed by atoms with E-state index in [2.05, 4.69) is 5.16 Å². The Morgan fingerprint density at radius 3 is 2.10 bits per heavy atom. The predicted octanol–water partition coefficient (Wildman–Crippen LogP) is 4.56. The van der Waals surface area contributed by atoms with Crippen LogP contribution in [0.2, 0.25) is 0 Å². The second-order valence-electron chi connectivity index (χ2n) is 12.1. The summed E-state index contributed by atoms with van der Waals surface area (Å²) in [5, 5.41) is 4.19. The summed E-state index contributed by atoms with van der Waals surface area (Å²) in [4.78, 5) is 40.9. The largest absolute Gasteiger partial charge is 0.493 e. The van der Waals surface area contributed by atoms with Gasteiger partial charge in [-0.1, -0.05) is 35.5 Å². The molecule has 1 amide bonds. The minimum absolute atomic E-state index is 0.0626. The van der Waals surface area contributed by atoms with E-state index in [1.54, 1.807) is 30.3 Å². The van der Waals surface area contributed by atoms with Crippen LogP contribution < -0.4 is 31.4 Å². The highest BCUT2D eigenvalue weighted by atomic mass is 16.5. The van der Waals surface area contributed by atoms with E-state index in [0.29, 0.717) is 54.3 Å². The van der Waals surface area contributed by atoms with E-state index in [0.717, 1.165) is 5.56 Å². The zero-order chi connectivity index (χ0) is 35.0. The van der Waals surface area contributed by atoms with Crippen molar-refractivity contribution in [2.75, 3.05) is 26.1 Å². The van der Waals surface area contributed by atoms with Gasteiger partial charge in [0.1, 0.15) is 17.5 Å². The summed E-state index contributed by atoms with van der Waals surface area (Å²) in [5.74, 6) is 0.0213. The Hall–Kier alpha value is -4.94. The molecule has 12 heteroatoms. The summed E-state index contributed by atoms with van der Waals surface area (Å²) < 4.78 is 22.7. The maximum atomic E-state index is 13.1. The molecule has 4 rings (SSSR count). The SMILES string of the molecule is COc1cc(C(=O)N(C(C)C)C(C)C)ccc1OCCCCOc1ccc2c(C(=O)C(N)C(=O)C(N)Cc3ccccc3)noc2c1N. The third-order valence-corrected chi connectivity index (χ3v) is 7.94.